The molecule has 0 spiro atoms. The van der Waals surface area contributed by atoms with Crippen molar-refractivity contribution in [2.45, 2.75) is 31.2 Å². The average Bonchev–Trinajstić information content (AvgIpc) is 2.46. The van der Waals surface area contributed by atoms with Gasteiger partial charge in [0.2, 0.25) is 5.91 Å². The second-order valence-electron chi connectivity index (χ2n) is 4.64. The number of thioether (sulfide) groups is 1. The third-order valence-electron chi connectivity index (χ3n) is 3.19. The molecular formula is C14H18N2O2S. The van der Waals surface area contributed by atoms with Gasteiger partial charge in [-0.15, -0.1) is 0 Å². The first-order valence-corrected chi connectivity index (χ1v) is 7.53. The smallest absolute Gasteiger partial charge is 0.232 e. The Morgan fingerprint density at radius 2 is 2.05 bits per heavy atom. The van der Waals surface area contributed by atoms with Gasteiger partial charge in [0.25, 0.3) is 0 Å². The van der Waals surface area contributed by atoms with E-state index in [1.54, 1.807) is 18.3 Å². The number of ketones is 1. The van der Waals surface area contributed by atoms with Gasteiger partial charge in [-0.3, -0.25) is 9.59 Å². The van der Waals surface area contributed by atoms with E-state index in [2.05, 4.69) is 4.98 Å². The van der Waals surface area contributed by atoms with Gasteiger partial charge >= 0.3 is 0 Å². The summed E-state index contributed by atoms with van der Waals surface area (Å²) in [4.78, 5) is 29.6. The molecule has 0 bridgehead atoms. The van der Waals surface area contributed by atoms with Crippen molar-refractivity contribution in [3.63, 3.8) is 0 Å². The van der Waals surface area contributed by atoms with Crippen LogP contribution in [0.1, 0.15) is 36.5 Å². The maximum atomic E-state index is 12.0. The summed E-state index contributed by atoms with van der Waals surface area (Å²) in [6.07, 6.45) is 5.06. The molecule has 102 valence electrons. The first-order valence-electron chi connectivity index (χ1n) is 6.55. The van der Waals surface area contributed by atoms with Gasteiger partial charge in [-0.05, 0) is 38.3 Å². The molecule has 1 amide bonds. The van der Waals surface area contributed by atoms with E-state index >= 15 is 0 Å². The van der Waals surface area contributed by atoms with E-state index in [0.29, 0.717) is 16.3 Å². The van der Waals surface area contributed by atoms with E-state index < -0.39 is 0 Å². The highest BCUT2D eigenvalue weighted by Gasteiger charge is 2.17. The molecule has 2 rings (SSSR count). The van der Waals surface area contributed by atoms with Gasteiger partial charge in [-0.2, -0.15) is 0 Å². The van der Waals surface area contributed by atoms with E-state index in [9.17, 15) is 9.59 Å². The van der Waals surface area contributed by atoms with E-state index in [0.717, 1.165) is 25.9 Å². The molecule has 1 saturated heterocycles. The number of piperidine rings is 1. The number of hydrogen-bond acceptors (Lipinski definition) is 4. The molecule has 1 fully saturated rings. The Balaban J connectivity index is 1.94. The molecule has 4 nitrogen and oxygen atoms in total. The summed E-state index contributed by atoms with van der Waals surface area (Å²) in [5.74, 6) is 0.489. The number of carbonyl (C=O) groups is 2. The standard InChI is InChI=1S/C14H18N2O2S/c1-11(17)12-6-5-7-15-14(12)19-10-13(18)16-8-3-2-4-9-16/h5-7H,2-4,8-10H2,1H3. The van der Waals surface area contributed by atoms with Crippen molar-refractivity contribution < 1.29 is 9.59 Å². The number of likely N-dealkylation sites (tertiary alicyclic amines) is 1. The molecule has 0 saturated carbocycles. The minimum Gasteiger partial charge on any atom is -0.342 e. The van der Waals surface area contributed by atoms with Crippen molar-refractivity contribution in [1.82, 2.24) is 9.88 Å². The fraction of sp³-hybridized carbons (Fsp3) is 0.500. The van der Waals surface area contributed by atoms with Crippen LogP contribution in [-0.4, -0.2) is 40.4 Å². The summed E-state index contributed by atoms with van der Waals surface area (Å²) in [5.41, 5.74) is 0.596. The summed E-state index contributed by atoms with van der Waals surface area (Å²) >= 11 is 1.35. The lowest BCUT2D eigenvalue weighted by Crippen LogP contribution is -2.36. The van der Waals surface area contributed by atoms with Crippen LogP contribution < -0.4 is 0 Å². The number of nitrogens with zero attached hydrogens (tertiary/aromatic N) is 2. The van der Waals surface area contributed by atoms with Gasteiger partial charge < -0.3 is 4.90 Å². The molecule has 1 aromatic heterocycles. The average molecular weight is 278 g/mol. The third kappa shape index (κ3) is 3.80. The van der Waals surface area contributed by atoms with E-state index in [1.807, 2.05) is 4.90 Å². The number of amides is 1. The van der Waals surface area contributed by atoms with Crippen LogP contribution in [0.5, 0.6) is 0 Å². The number of rotatable bonds is 4. The minimum atomic E-state index is -0.0129. The van der Waals surface area contributed by atoms with Gasteiger partial charge in [0, 0.05) is 24.8 Å². The predicted octanol–water partition coefficient (Wildman–Crippen LogP) is 2.39. The fourth-order valence-electron chi connectivity index (χ4n) is 2.14. The molecule has 2 heterocycles. The number of Topliss-reactive ketones (excluding diaryl/α,β-unsaturated/α-hetero) is 1. The van der Waals surface area contributed by atoms with Crippen molar-refractivity contribution in [2.24, 2.45) is 0 Å². The highest BCUT2D eigenvalue weighted by Crippen LogP contribution is 2.21. The van der Waals surface area contributed by atoms with Crippen LogP contribution >= 0.6 is 11.8 Å². The molecule has 0 N–H and O–H groups in total. The number of carbonyl (C=O) groups excluding carboxylic acids is 2. The maximum Gasteiger partial charge on any atom is 0.232 e. The van der Waals surface area contributed by atoms with Crippen molar-refractivity contribution in [1.29, 1.82) is 0 Å². The number of hydrogen-bond donors (Lipinski definition) is 0. The normalized spacial score (nSPS) is 15.3. The zero-order chi connectivity index (χ0) is 13.7. The van der Waals surface area contributed by atoms with Crippen LogP contribution in [-0.2, 0) is 4.79 Å². The van der Waals surface area contributed by atoms with E-state index in [-0.39, 0.29) is 11.7 Å². The Labute approximate surface area is 117 Å². The van der Waals surface area contributed by atoms with E-state index in [4.69, 9.17) is 0 Å². The van der Waals surface area contributed by atoms with Crippen LogP contribution in [0.4, 0.5) is 0 Å². The second-order valence-corrected chi connectivity index (χ2v) is 5.61. The summed E-state index contributed by atoms with van der Waals surface area (Å²) in [5, 5.41) is 0.653. The molecule has 0 atom stereocenters. The predicted molar refractivity (Wildman–Crippen MR) is 75.4 cm³/mol. The summed E-state index contributed by atoms with van der Waals surface area (Å²) in [6.45, 7) is 3.25. The first kappa shape index (κ1) is 14.1. The van der Waals surface area contributed by atoms with Crippen molar-refractivity contribution in [3.05, 3.63) is 23.9 Å². The van der Waals surface area contributed by atoms with Crippen LogP contribution in [0.15, 0.2) is 23.4 Å². The van der Waals surface area contributed by atoms with Crippen LogP contribution in [0.2, 0.25) is 0 Å². The lowest BCUT2D eigenvalue weighted by Gasteiger charge is -2.26. The van der Waals surface area contributed by atoms with Crippen molar-refractivity contribution in [3.8, 4) is 0 Å². The topological polar surface area (TPSA) is 50.3 Å². The molecule has 0 radical (unpaired) electrons. The molecule has 1 aliphatic rings. The van der Waals surface area contributed by atoms with E-state index in [1.165, 1.54) is 25.1 Å². The summed E-state index contributed by atoms with van der Waals surface area (Å²) < 4.78 is 0. The second kappa shape index (κ2) is 6.70. The van der Waals surface area contributed by atoms with Gasteiger partial charge in [0.1, 0.15) is 5.03 Å². The first-order chi connectivity index (χ1) is 9.18. The summed E-state index contributed by atoms with van der Waals surface area (Å²) in [6, 6.07) is 3.50. The Kier molecular flexibility index (Phi) is 4.96. The van der Waals surface area contributed by atoms with Crippen LogP contribution in [0, 0.1) is 0 Å². The maximum absolute atomic E-state index is 12.0. The molecular weight excluding hydrogens is 260 g/mol. The number of pyridine rings is 1. The molecule has 0 aliphatic carbocycles. The zero-order valence-electron chi connectivity index (χ0n) is 11.1. The Bertz CT molecular complexity index is 470. The minimum absolute atomic E-state index is 0.0129. The van der Waals surface area contributed by atoms with Gasteiger partial charge in [0.15, 0.2) is 5.78 Å². The molecule has 0 aromatic carbocycles. The highest BCUT2D eigenvalue weighted by molar-refractivity contribution is 8.00. The lowest BCUT2D eigenvalue weighted by molar-refractivity contribution is -0.129. The zero-order valence-corrected chi connectivity index (χ0v) is 11.9. The molecule has 1 aromatic rings. The monoisotopic (exact) mass is 278 g/mol. The quantitative estimate of drug-likeness (QED) is 0.627. The Morgan fingerprint density at radius 1 is 1.32 bits per heavy atom. The van der Waals surface area contributed by atoms with Gasteiger partial charge in [-0.25, -0.2) is 4.98 Å². The largest absolute Gasteiger partial charge is 0.342 e. The Morgan fingerprint density at radius 3 is 2.74 bits per heavy atom. The van der Waals surface area contributed by atoms with Gasteiger partial charge in [0.05, 0.1) is 5.75 Å². The SMILES string of the molecule is CC(=O)c1cccnc1SCC(=O)N1CCCCC1. The highest BCUT2D eigenvalue weighted by atomic mass is 32.2. The molecule has 5 heteroatoms. The Hall–Kier alpha value is -1.36. The van der Waals surface area contributed by atoms with Crippen molar-refractivity contribution in [2.75, 3.05) is 18.8 Å². The fourth-order valence-corrected chi connectivity index (χ4v) is 3.08. The third-order valence-corrected chi connectivity index (χ3v) is 4.18. The van der Waals surface area contributed by atoms with Gasteiger partial charge in [-0.1, -0.05) is 11.8 Å². The van der Waals surface area contributed by atoms with Crippen molar-refractivity contribution >= 4 is 23.5 Å². The molecule has 0 unspecified atom stereocenters. The number of aromatic nitrogens is 1. The molecule has 1 aliphatic heterocycles. The lowest BCUT2D eigenvalue weighted by atomic mass is 10.1. The summed E-state index contributed by atoms with van der Waals surface area (Å²) in [7, 11) is 0. The molecule has 19 heavy (non-hydrogen) atoms. The van der Waals surface area contributed by atoms with Crippen LogP contribution in [0.25, 0.3) is 0 Å². The van der Waals surface area contributed by atoms with Crippen LogP contribution in [0.3, 0.4) is 0 Å².